The fourth-order valence-electron chi connectivity index (χ4n) is 2.52. The van der Waals surface area contributed by atoms with Crippen molar-refractivity contribution in [3.8, 4) is 6.07 Å². The lowest BCUT2D eigenvalue weighted by molar-refractivity contribution is -0.147. The van der Waals surface area contributed by atoms with Crippen LogP contribution in [0.3, 0.4) is 0 Å². The van der Waals surface area contributed by atoms with Crippen molar-refractivity contribution in [1.29, 1.82) is 5.26 Å². The molecule has 0 spiro atoms. The first kappa shape index (κ1) is 18.8. The second kappa shape index (κ2) is 8.60. The number of hydrogen-bond acceptors (Lipinski definition) is 6. The lowest BCUT2D eigenvalue weighted by Crippen LogP contribution is -2.21. The molecule has 2 N–H and O–H groups in total. The van der Waals surface area contributed by atoms with Crippen LogP contribution in [0.5, 0.6) is 0 Å². The summed E-state index contributed by atoms with van der Waals surface area (Å²) in [6, 6.07) is 15.2. The number of rotatable bonds is 6. The first-order valence-corrected chi connectivity index (χ1v) is 8.49. The number of esters is 1. The average molecular weight is 376 g/mol. The first-order chi connectivity index (χ1) is 13.5. The van der Waals surface area contributed by atoms with Gasteiger partial charge >= 0.3 is 5.97 Å². The Morgan fingerprint density at radius 1 is 1.14 bits per heavy atom. The maximum Gasteiger partial charge on any atom is 0.306 e. The summed E-state index contributed by atoms with van der Waals surface area (Å²) in [5.74, 6) is -0.691. The third-order valence-electron chi connectivity index (χ3n) is 3.89. The molecule has 1 heterocycles. The van der Waals surface area contributed by atoms with Crippen molar-refractivity contribution < 1.29 is 14.3 Å². The largest absolute Gasteiger partial charge is 0.456 e. The maximum absolute atomic E-state index is 12.0. The van der Waals surface area contributed by atoms with Crippen LogP contribution in [0.2, 0.25) is 0 Å². The Hall–Kier alpha value is -3.99. The Bertz CT molecular complexity index is 1110. The topological polar surface area (TPSA) is 125 Å². The van der Waals surface area contributed by atoms with Crippen molar-refractivity contribution in [2.75, 3.05) is 11.9 Å². The zero-order valence-electron chi connectivity index (χ0n) is 14.8. The second-order valence-corrected chi connectivity index (χ2v) is 5.93. The standard InChI is InChI=1S/C20H16N4O4/c21-11-13-5-7-14(8-6-13)22-18(25)12-28-19(26)10-9-17-23-16-4-2-1-3-15(16)20(27)24-17/h1-8H,9-10,12H2,(H,22,25)(H,23,24,27). The highest BCUT2D eigenvalue weighted by Gasteiger charge is 2.10. The first-order valence-electron chi connectivity index (χ1n) is 8.49. The van der Waals surface area contributed by atoms with Crippen LogP contribution in [0.15, 0.2) is 53.3 Å². The van der Waals surface area contributed by atoms with Gasteiger partial charge in [0.15, 0.2) is 6.61 Å². The molecule has 3 rings (SSSR count). The summed E-state index contributed by atoms with van der Waals surface area (Å²) in [4.78, 5) is 42.6. The number of aromatic amines is 1. The number of para-hydroxylation sites is 1. The minimum atomic E-state index is -0.578. The summed E-state index contributed by atoms with van der Waals surface area (Å²) in [6.07, 6.45) is 0.168. The summed E-state index contributed by atoms with van der Waals surface area (Å²) >= 11 is 0. The number of aryl methyl sites for hydroxylation is 1. The van der Waals surface area contributed by atoms with Gasteiger partial charge in [-0.2, -0.15) is 5.26 Å². The Labute approximate surface area is 159 Å². The van der Waals surface area contributed by atoms with Gasteiger partial charge < -0.3 is 15.0 Å². The van der Waals surface area contributed by atoms with Gasteiger partial charge in [-0.1, -0.05) is 12.1 Å². The zero-order chi connectivity index (χ0) is 19.9. The van der Waals surface area contributed by atoms with Gasteiger partial charge in [0.1, 0.15) is 5.82 Å². The molecular weight excluding hydrogens is 360 g/mol. The number of amides is 1. The molecule has 28 heavy (non-hydrogen) atoms. The highest BCUT2D eigenvalue weighted by Crippen LogP contribution is 2.09. The number of aromatic nitrogens is 2. The molecule has 0 bridgehead atoms. The van der Waals surface area contributed by atoms with E-state index in [1.54, 1.807) is 48.5 Å². The molecule has 0 atom stereocenters. The molecule has 0 saturated carbocycles. The van der Waals surface area contributed by atoms with Crippen LogP contribution in [0, 0.1) is 11.3 Å². The predicted molar refractivity (Wildman–Crippen MR) is 101 cm³/mol. The molecule has 0 unspecified atom stereocenters. The van der Waals surface area contributed by atoms with Gasteiger partial charge in [-0.05, 0) is 36.4 Å². The van der Waals surface area contributed by atoms with Gasteiger partial charge in [0.2, 0.25) is 0 Å². The smallest absolute Gasteiger partial charge is 0.306 e. The lowest BCUT2D eigenvalue weighted by atomic mass is 10.2. The summed E-state index contributed by atoms with van der Waals surface area (Å²) < 4.78 is 4.94. The Balaban J connectivity index is 1.48. The number of carbonyl (C=O) groups is 2. The van der Waals surface area contributed by atoms with E-state index >= 15 is 0 Å². The number of nitrogens with zero attached hydrogens (tertiary/aromatic N) is 2. The van der Waals surface area contributed by atoms with Crippen LogP contribution in [-0.2, 0) is 20.7 Å². The average Bonchev–Trinajstić information content (AvgIpc) is 2.71. The van der Waals surface area contributed by atoms with Crippen LogP contribution in [0.4, 0.5) is 5.69 Å². The van der Waals surface area contributed by atoms with E-state index < -0.39 is 18.5 Å². The number of carbonyl (C=O) groups excluding carboxylic acids is 2. The van der Waals surface area contributed by atoms with Gasteiger partial charge in [-0.15, -0.1) is 0 Å². The summed E-state index contributed by atoms with van der Waals surface area (Å²) in [7, 11) is 0. The van der Waals surface area contributed by atoms with Crippen molar-refractivity contribution in [2.24, 2.45) is 0 Å². The monoisotopic (exact) mass is 376 g/mol. The summed E-state index contributed by atoms with van der Waals surface area (Å²) in [5.41, 5.74) is 1.26. The lowest BCUT2D eigenvalue weighted by Gasteiger charge is -2.07. The number of fused-ring (bicyclic) bond motifs is 1. The predicted octanol–water partition coefficient (Wildman–Crippen LogP) is 1.91. The molecular formula is C20H16N4O4. The molecule has 2 aromatic carbocycles. The molecule has 0 fully saturated rings. The normalized spacial score (nSPS) is 10.2. The molecule has 3 aromatic rings. The molecule has 140 valence electrons. The van der Waals surface area contributed by atoms with Crippen LogP contribution in [0.25, 0.3) is 10.9 Å². The third-order valence-corrected chi connectivity index (χ3v) is 3.89. The fraction of sp³-hybridized carbons (Fsp3) is 0.150. The van der Waals surface area contributed by atoms with Crippen LogP contribution in [-0.4, -0.2) is 28.5 Å². The van der Waals surface area contributed by atoms with Gasteiger partial charge in [-0.25, -0.2) is 4.98 Å². The van der Waals surface area contributed by atoms with E-state index in [2.05, 4.69) is 15.3 Å². The Morgan fingerprint density at radius 2 is 1.89 bits per heavy atom. The SMILES string of the molecule is N#Cc1ccc(NC(=O)COC(=O)CCc2nc3ccccc3c(=O)[nH]2)cc1. The highest BCUT2D eigenvalue weighted by molar-refractivity contribution is 5.92. The van der Waals surface area contributed by atoms with Crippen molar-refractivity contribution in [3.05, 3.63) is 70.3 Å². The molecule has 0 aliphatic heterocycles. The molecule has 1 aromatic heterocycles. The molecule has 0 saturated heterocycles. The van der Waals surface area contributed by atoms with Crippen molar-refractivity contribution in [1.82, 2.24) is 9.97 Å². The molecule has 0 aliphatic carbocycles. The zero-order valence-corrected chi connectivity index (χ0v) is 14.8. The van der Waals surface area contributed by atoms with E-state index in [0.717, 1.165) is 0 Å². The Kier molecular flexibility index (Phi) is 5.77. The minimum absolute atomic E-state index is 0.0224. The van der Waals surface area contributed by atoms with E-state index in [4.69, 9.17) is 10.00 Å². The van der Waals surface area contributed by atoms with Gasteiger partial charge in [-0.3, -0.25) is 14.4 Å². The van der Waals surface area contributed by atoms with E-state index in [-0.39, 0.29) is 18.4 Å². The molecule has 8 heteroatoms. The van der Waals surface area contributed by atoms with E-state index in [1.807, 2.05) is 6.07 Å². The second-order valence-electron chi connectivity index (χ2n) is 5.93. The van der Waals surface area contributed by atoms with Crippen LogP contribution < -0.4 is 10.9 Å². The van der Waals surface area contributed by atoms with E-state index in [0.29, 0.717) is 28.0 Å². The number of hydrogen-bond donors (Lipinski definition) is 2. The van der Waals surface area contributed by atoms with Crippen molar-refractivity contribution in [2.45, 2.75) is 12.8 Å². The number of anilines is 1. The van der Waals surface area contributed by atoms with Crippen molar-refractivity contribution >= 4 is 28.5 Å². The molecule has 0 aliphatic rings. The van der Waals surface area contributed by atoms with Gasteiger partial charge in [0.25, 0.3) is 11.5 Å². The summed E-state index contributed by atoms with van der Waals surface area (Å²) in [6.45, 7) is -0.430. The number of benzene rings is 2. The minimum Gasteiger partial charge on any atom is -0.456 e. The summed E-state index contributed by atoms with van der Waals surface area (Å²) in [5, 5.41) is 11.8. The third kappa shape index (κ3) is 4.80. The number of nitriles is 1. The van der Waals surface area contributed by atoms with E-state index in [9.17, 15) is 14.4 Å². The molecule has 8 nitrogen and oxygen atoms in total. The maximum atomic E-state index is 12.0. The van der Waals surface area contributed by atoms with Crippen LogP contribution >= 0.6 is 0 Å². The van der Waals surface area contributed by atoms with Crippen LogP contribution in [0.1, 0.15) is 17.8 Å². The molecule has 1 amide bonds. The Morgan fingerprint density at radius 3 is 2.64 bits per heavy atom. The van der Waals surface area contributed by atoms with Gasteiger partial charge in [0.05, 0.1) is 29.0 Å². The fourth-order valence-corrected chi connectivity index (χ4v) is 2.52. The number of ether oxygens (including phenoxy) is 1. The van der Waals surface area contributed by atoms with E-state index in [1.165, 1.54) is 0 Å². The number of H-pyrrole nitrogens is 1. The van der Waals surface area contributed by atoms with Gasteiger partial charge in [0, 0.05) is 12.1 Å². The highest BCUT2D eigenvalue weighted by atomic mass is 16.5. The quantitative estimate of drug-likeness (QED) is 0.633. The van der Waals surface area contributed by atoms with Crippen molar-refractivity contribution in [3.63, 3.8) is 0 Å². The number of nitrogens with one attached hydrogen (secondary N) is 2. The molecule has 0 radical (unpaired) electrons.